The van der Waals surface area contributed by atoms with Gasteiger partial charge in [-0.05, 0) is 41.3 Å². The fourth-order valence-electron chi connectivity index (χ4n) is 2.40. The third-order valence-electron chi connectivity index (χ3n) is 3.54. The van der Waals surface area contributed by atoms with Crippen LogP contribution in [-0.2, 0) is 0 Å². The molecule has 110 valence electrons. The summed E-state index contributed by atoms with van der Waals surface area (Å²) in [6, 6.07) is 9.75. The van der Waals surface area contributed by atoms with E-state index in [1.165, 1.54) is 5.57 Å². The molecule has 1 heterocycles. The first-order valence-electron chi connectivity index (χ1n) is 7.19. The van der Waals surface area contributed by atoms with Crippen LogP contribution in [0.15, 0.2) is 48.8 Å². The molecule has 0 bridgehead atoms. The third kappa shape index (κ3) is 4.09. The molecular weight excluding hydrogens is 301 g/mol. The van der Waals surface area contributed by atoms with E-state index in [0.29, 0.717) is 10.0 Å². The number of rotatable bonds is 5. The lowest BCUT2D eigenvalue weighted by Crippen LogP contribution is -2.00. The second kappa shape index (κ2) is 7.63. The number of hydrogen-bond acceptors (Lipinski definition) is 1. The Bertz CT molecular complexity index is 620. The predicted molar refractivity (Wildman–Crippen MR) is 92.0 cm³/mol. The maximum absolute atomic E-state index is 6.36. The van der Waals surface area contributed by atoms with Gasteiger partial charge in [0, 0.05) is 28.4 Å². The van der Waals surface area contributed by atoms with Crippen molar-refractivity contribution < 1.29 is 0 Å². The van der Waals surface area contributed by atoms with Crippen molar-refractivity contribution in [2.75, 3.05) is 0 Å². The summed E-state index contributed by atoms with van der Waals surface area (Å²) < 4.78 is 0. The number of benzene rings is 1. The standard InChI is InChI=1S/C18H19Cl2N/c1-3-4-7-16(14-6-5-10-21-12-14)13(2)17-9-8-15(19)11-18(17)20/h5-13H,3-4H2,1-2H3. The summed E-state index contributed by atoms with van der Waals surface area (Å²) in [4.78, 5) is 4.23. The first-order valence-corrected chi connectivity index (χ1v) is 7.94. The third-order valence-corrected chi connectivity index (χ3v) is 4.11. The summed E-state index contributed by atoms with van der Waals surface area (Å²) in [5, 5.41) is 1.37. The Morgan fingerprint density at radius 1 is 1.29 bits per heavy atom. The molecule has 2 rings (SSSR count). The number of pyridine rings is 1. The van der Waals surface area contributed by atoms with Gasteiger partial charge in [-0.1, -0.05) is 61.7 Å². The van der Waals surface area contributed by atoms with Crippen LogP contribution >= 0.6 is 23.2 Å². The van der Waals surface area contributed by atoms with Crippen LogP contribution < -0.4 is 0 Å². The van der Waals surface area contributed by atoms with Gasteiger partial charge in [0.25, 0.3) is 0 Å². The van der Waals surface area contributed by atoms with E-state index in [-0.39, 0.29) is 5.92 Å². The highest BCUT2D eigenvalue weighted by atomic mass is 35.5. The van der Waals surface area contributed by atoms with Crippen molar-refractivity contribution in [3.8, 4) is 0 Å². The Morgan fingerprint density at radius 3 is 2.71 bits per heavy atom. The summed E-state index contributed by atoms with van der Waals surface area (Å²) in [6.45, 7) is 4.35. The van der Waals surface area contributed by atoms with Crippen molar-refractivity contribution in [2.45, 2.75) is 32.6 Å². The summed E-state index contributed by atoms with van der Waals surface area (Å²) >= 11 is 12.4. The first-order chi connectivity index (χ1) is 10.1. The van der Waals surface area contributed by atoms with E-state index in [0.717, 1.165) is 24.0 Å². The molecule has 0 amide bonds. The second-order valence-corrected chi connectivity index (χ2v) is 5.92. The van der Waals surface area contributed by atoms with E-state index >= 15 is 0 Å². The average Bonchev–Trinajstić information content (AvgIpc) is 2.48. The van der Waals surface area contributed by atoms with Crippen molar-refractivity contribution in [1.29, 1.82) is 0 Å². The van der Waals surface area contributed by atoms with Crippen molar-refractivity contribution >= 4 is 28.8 Å². The average molecular weight is 320 g/mol. The van der Waals surface area contributed by atoms with Crippen molar-refractivity contribution in [3.63, 3.8) is 0 Å². The lowest BCUT2D eigenvalue weighted by molar-refractivity contribution is 0.931. The van der Waals surface area contributed by atoms with Gasteiger partial charge in [0.2, 0.25) is 0 Å². The lowest BCUT2D eigenvalue weighted by atomic mass is 9.88. The SMILES string of the molecule is CCCC=C(c1cccnc1)C(C)c1ccc(Cl)cc1Cl. The number of nitrogens with zero attached hydrogens (tertiary/aromatic N) is 1. The first kappa shape index (κ1) is 16.1. The Labute approximate surface area is 136 Å². The lowest BCUT2D eigenvalue weighted by Gasteiger charge is -2.18. The minimum Gasteiger partial charge on any atom is -0.264 e. The fraction of sp³-hybridized carbons (Fsp3) is 0.278. The Kier molecular flexibility index (Phi) is 5.84. The molecule has 0 saturated carbocycles. The number of hydrogen-bond donors (Lipinski definition) is 0. The van der Waals surface area contributed by atoms with Crippen LogP contribution in [0.2, 0.25) is 10.0 Å². The van der Waals surface area contributed by atoms with Crippen LogP contribution in [0.25, 0.3) is 5.57 Å². The summed E-state index contributed by atoms with van der Waals surface area (Å²) in [7, 11) is 0. The van der Waals surface area contributed by atoms with E-state index in [1.54, 1.807) is 12.3 Å². The molecule has 3 heteroatoms. The van der Waals surface area contributed by atoms with E-state index in [1.807, 2.05) is 24.4 Å². The highest BCUT2D eigenvalue weighted by Crippen LogP contribution is 2.36. The quantitative estimate of drug-likeness (QED) is 0.623. The Balaban J connectivity index is 2.41. The van der Waals surface area contributed by atoms with Crippen LogP contribution in [0.5, 0.6) is 0 Å². The summed E-state index contributed by atoms with van der Waals surface area (Å²) in [5.74, 6) is 0.200. The van der Waals surface area contributed by atoms with Gasteiger partial charge in [0.1, 0.15) is 0 Å². The molecule has 0 spiro atoms. The van der Waals surface area contributed by atoms with E-state index < -0.39 is 0 Å². The topological polar surface area (TPSA) is 12.9 Å². The summed E-state index contributed by atoms with van der Waals surface area (Å²) in [5.41, 5.74) is 3.49. The maximum Gasteiger partial charge on any atom is 0.0458 e. The normalized spacial score (nSPS) is 13.2. The van der Waals surface area contributed by atoms with Crippen LogP contribution in [0.1, 0.15) is 43.7 Å². The zero-order valence-electron chi connectivity index (χ0n) is 12.3. The van der Waals surface area contributed by atoms with Gasteiger partial charge in [-0.3, -0.25) is 4.98 Å². The van der Waals surface area contributed by atoms with Gasteiger partial charge in [-0.25, -0.2) is 0 Å². The highest BCUT2D eigenvalue weighted by Gasteiger charge is 2.16. The van der Waals surface area contributed by atoms with Crippen molar-refractivity contribution in [3.05, 3.63) is 70.0 Å². The second-order valence-electron chi connectivity index (χ2n) is 5.08. The molecule has 1 unspecified atom stereocenters. The van der Waals surface area contributed by atoms with Crippen molar-refractivity contribution in [1.82, 2.24) is 4.98 Å². The molecule has 1 aromatic heterocycles. The minimum absolute atomic E-state index is 0.200. The van der Waals surface area contributed by atoms with Crippen molar-refractivity contribution in [2.24, 2.45) is 0 Å². The molecule has 1 atom stereocenters. The zero-order valence-corrected chi connectivity index (χ0v) is 13.8. The van der Waals surface area contributed by atoms with Crippen LogP contribution in [-0.4, -0.2) is 4.98 Å². The largest absolute Gasteiger partial charge is 0.264 e. The molecule has 2 aromatic rings. The molecule has 0 radical (unpaired) electrons. The smallest absolute Gasteiger partial charge is 0.0458 e. The van der Waals surface area contributed by atoms with Gasteiger partial charge in [0.15, 0.2) is 0 Å². The fourth-order valence-corrected chi connectivity index (χ4v) is 2.97. The van der Waals surface area contributed by atoms with Gasteiger partial charge in [0.05, 0.1) is 0 Å². The van der Waals surface area contributed by atoms with Gasteiger partial charge in [-0.15, -0.1) is 0 Å². The minimum atomic E-state index is 0.200. The van der Waals surface area contributed by atoms with E-state index in [9.17, 15) is 0 Å². The van der Waals surface area contributed by atoms with E-state index in [2.05, 4.69) is 31.0 Å². The number of unbranched alkanes of at least 4 members (excludes halogenated alkanes) is 1. The van der Waals surface area contributed by atoms with Gasteiger partial charge >= 0.3 is 0 Å². The molecule has 0 N–H and O–H groups in total. The van der Waals surface area contributed by atoms with Crippen LogP contribution in [0.4, 0.5) is 0 Å². The monoisotopic (exact) mass is 319 g/mol. The Hall–Kier alpha value is -1.31. The Morgan fingerprint density at radius 2 is 2.10 bits per heavy atom. The van der Waals surface area contributed by atoms with Crippen LogP contribution in [0.3, 0.4) is 0 Å². The molecule has 0 aliphatic carbocycles. The van der Waals surface area contributed by atoms with Gasteiger partial charge in [-0.2, -0.15) is 0 Å². The molecule has 0 fully saturated rings. The predicted octanol–water partition coefficient (Wildman–Crippen LogP) is 6.38. The zero-order chi connectivity index (χ0) is 15.2. The number of halogens is 2. The van der Waals surface area contributed by atoms with Crippen LogP contribution in [0, 0.1) is 0 Å². The molecule has 0 aliphatic rings. The molecule has 1 aromatic carbocycles. The molecule has 0 aliphatic heterocycles. The molecule has 21 heavy (non-hydrogen) atoms. The summed E-state index contributed by atoms with van der Waals surface area (Å²) in [6.07, 6.45) is 8.14. The molecular formula is C18H19Cl2N. The molecule has 1 nitrogen and oxygen atoms in total. The van der Waals surface area contributed by atoms with Gasteiger partial charge < -0.3 is 0 Å². The van der Waals surface area contributed by atoms with E-state index in [4.69, 9.17) is 23.2 Å². The number of allylic oxidation sites excluding steroid dienone is 2. The highest BCUT2D eigenvalue weighted by molar-refractivity contribution is 6.35. The maximum atomic E-state index is 6.36. The molecule has 0 saturated heterocycles. The number of aromatic nitrogens is 1.